The molecule has 0 amide bonds. The summed E-state index contributed by atoms with van der Waals surface area (Å²) in [6.45, 7) is 7.00. The highest BCUT2D eigenvalue weighted by atomic mass is 31.2. The Labute approximate surface area is 473 Å². The van der Waals surface area contributed by atoms with Crippen molar-refractivity contribution in [3.8, 4) is 0 Å². The smallest absolute Gasteiger partial charge is 0.462 e. The van der Waals surface area contributed by atoms with E-state index in [9.17, 15) is 43.2 Å². The third-order valence-electron chi connectivity index (χ3n) is 13.5. The van der Waals surface area contributed by atoms with Crippen molar-refractivity contribution in [3.63, 3.8) is 0 Å². The summed E-state index contributed by atoms with van der Waals surface area (Å²) in [4.78, 5) is 71.7. The summed E-state index contributed by atoms with van der Waals surface area (Å²) in [6.07, 6.45) is 35.2. The highest BCUT2D eigenvalue weighted by Gasteiger charge is 2.30. The quantitative estimate of drug-likeness (QED) is 0.0222. The lowest BCUT2D eigenvalue weighted by Crippen LogP contribution is -2.30. The number of hydrogen-bond donors (Lipinski definition) is 3. The SMILES string of the molecule is CCCCCCCCCCCCCCCCC(=O)O[C@H](COC(=O)CCCCCCCCCC(C)C)COP(=O)(O)OC[C@@H](O)COP(=O)(O)OC[C@@H](COC(=O)CCCCCCC)OC(=O)CCCCCCCCCCC. The van der Waals surface area contributed by atoms with Gasteiger partial charge in [0.15, 0.2) is 12.2 Å². The van der Waals surface area contributed by atoms with Crippen LogP contribution in [0.3, 0.4) is 0 Å². The average molecular weight is 1160 g/mol. The molecule has 17 nitrogen and oxygen atoms in total. The van der Waals surface area contributed by atoms with Gasteiger partial charge in [0.1, 0.15) is 19.3 Å². The molecule has 0 saturated carbocycles. The zero-order valence-electron chi connectivity index (χ0n) is 49.8. The molecule has 0 heterocycles. The fourth-order valence-electron chi connectivity index (χ4n) is 8.70. The van der Waals surface area contributed by atoms with Crippen molar-refractivity contribution in [2.24, 2.45) is 5.92 Å². The zero-order valence-corrected chi connectivity index (χ0v) is 51.6. The Balaban J connectivity index is 5.17. The second-order valence-electron chi connectivity index (χ2n) is 21.9. The summed E-state index contributed by atoms with van der Waals surface area (Å²) >= 11 is 0. The lowest BCUT2D eigenvalue weighted by molar-refractivity contribution is -0.161. The third-order valence-corrected chi connectivity index (χ3v) is 15.4. The number of carbonyl (C=O) groups excluding carboxylic acids is 4. The first-order valence-electron chi connectivity index (χ1n) is 31.1. The molecular weight excluding hydrogens is 1040 g/mol. The van der Waals surface area contributed by atoms with Gasteiger partial charge in [0, 0.05) is 25.7 Å². The Kier molecular flexibility index (Phi) is 51.8. The van der Waals surface area contributed by atoms with Gasteiger partial charge >= 0.3 is 39.5 Å². The summed E-state index contributed by atoms with van der Waals surface area (Å²) in [5.74, 6) is -1.45. The van der Waals surface area contributed by atoms with E-state index < -0.39 is 97.5 Å². The molecule has 0 aromatic carbocycles. The summed E-state index contributed by atoms with van der Waals surface area (Å²) in [5, 5.41) is 10.5. The lowest BCUT2D eigenvalue weighted by atomic mass is 10.0. The van der Waals surface area contributed by atoms with E-state index in [0.29, 0.717) is 31.6 Å². The predicted octanol–water partition coefficient (Wildman–Crippen LogP) is 15.8. The molecular formula is C59H114O17P2. The molecule has 0 aromatic heterocycles. The molecule has 462 valence electrons. The van der Waals surface area contributed by atoms with Crippen molar-refractivity contribution in [2.45, 2.75) is 310 Å². The van der Waals surface area contributed by atoms with Gasteiger partial charge in [0.2, 0.25) is 0 Å². The molecule has 0 aromatic rings. The van der Waals surface area contributed by atoms with Crippen LogP contribution < -0.4 is 0 Å². The number of ether oxygens (including phenoxy) is 4. The summed E-state index contributed by atoms with van der Waals surface area (Å²) in [5.41, 5.74) is 0. The first-order valence-corrected chi connectivity index (χ1v) is 34.1. The molecule has 2 unspecified atom stereocenters. The molecule has 0 aliphatic carbocycles. The van der Waals surface area contributed by atoms with Crippen LogP contribution in [0.5, 0.6) is 0 Å². The zero-order chi connectivity index (χ0) is 57.8. The fraction of sp³-hybridized carbons (Fsp3) is 0.932. The molecule has 0 bridgehead atoms. The monoisotopic (exact) mass is 1160 g/mol. The van der Waals surface area contributed by atoms with Gasteiger partial charge in [0.05, 0.1) is 26.4 Å². The molecule has 5 atom stereocenters. The third kappa shape index (κ3) is 53.4. The van der Waals surface area contributed by atoms with Crippen molar-refractivity contribution in [1.29, 1.82) is 0 Å². The number of aliphatic hydroxyl groups excluding tert-OH is 1. The van der Waals surface area contributed by atoms with Crippen molar-refractivity contribution in [2.75, 3.05) is 39.6 Å². The number of rotatable bonds is 59. The van der Waals surface area contributed by atoms with E-state index in [0.717, 1.165) is 103 Å². The van der Waals surface area contributed by atoms with E-state index in [4.69, 9.17) is 37.0 Å². The summed E-state index contributed by atoms with van der Waals surface area (Å²) in [7, 11) is -9.86. The Morgan fingerprint density at radius 2 is 0.590 bits per heavy atom. The molecule has 3 N–H and O–H groups in total. The van der Waals surface area contributed by atoms with Gasteiger partial charge in [-0.05, 0) is 31.6 Å². The minimum absolute atomic E-state index is 0.105. The molecule has 0 aliphatic rings. The Hall–Kier alpha value is -1.94. The van der Waals surface area contributed by atoms with Crippen LogP contribution in [-0.4, -0.2) is 96.7 Å². The summed E-state index contributed by atoms with van der Waals surface area (Å²) < 4.78 is 67.5. The minimum Gasteiger partial charge on any atom is -0.462 e. The van der Waals surface area contributed by atoms with E-state index in [2.05, 4.69) is 34.6 Å². The van der Waals surface area contributed by atoms with Gasteiger partial charge in [0.25, 0.3) is 0 Å². The van der Waals surface area contributed by atoms with Gasteiger partial charge in [-0.25, -0.2) is 9.13 Å². The van der Waals surface area contributed by atoms with E-state index in [1.165, 1.54) is 103 Å². The predicted molar refractivity (Wildman–Crippen MR) is 308 cm³/mol. The molecule has 0 aliphatic heterocycles. The van der Waals surface area contributed by atoms with Gasteiger partial charge < -0.3 is 33.8 Å². The van der Waals surface area contributed by atoms with Crippen LogP contribution in [0.2, 0.25) is 0 Å². The normalized spacial score (nSPS) is 14.4. The van der Waals surface area contributed by atoms with E-state index in [-0.39, 0.29) is 25.7 Å². The van der Waals surface area contributed by atoms with Gasteiger partial charge in [-0.1, -0.05) is 240 Å². The number of aliphatic hydroxyl groups is 1. The van der Waals surface area contributed by atoms with Crippen LogP contribution in [0.25, 0.3) is 0 Å². The second kappa shape index (κ2) is 53.1. The standard InChI is InChI=1S/C59H114O17P2/c1-6-9-12-15-17-19-20-21-22-23-25-29-35-40-45-59(64)76-55(49-70-57(62)43-38-33-30-26-27-32-36-41-52(4)5)51-74-78(67,68)72-47-53(60)46-71-77(65,66)73-50-54(48-69-56(61)42-37-31-14-11-8-3)75-58(63)44-39-34-28-24-18-16-13-10-7-2/h52-55,60H,6-51H2,1-5H3,(H,65,66)(H,67,68)/t53-,54+,55+/m0/s1. The van der Waals surface area contributed by atoms with Crippen molar-refractivity contribution in [3.05, 3.63) is 0 Å². The van der Waals surface area contributed by atoms with Crippen molar-refractivity contribution >= 4 is 39.5 Å². The highest BCUT2D eigenvalue weighted by molar-refractivity contribution is 7.47. The van der Waals surface area contributed by atoms with E-state index in [1.54, 1.807) is 0 Å². The van der Waals surface area contributed by atoms with Crippen LogP contribution in [-0.2, 0) is 65.4 Å². The van der Waals surface area contributed by atoms with Crippen LogP contribution in [0.1, 0.15) is 291 Å². The number of phosphoric ester groups is 2. The van der Waals surface area contributed by atoms with Crippen LogP contribution in [0.4, 0.5) is 0 Å². The topological polar surface area (TPSA) is 237 Å². The molecule has 78 heavy (non-hydrogen) atoms. The second-order valence-corrected chi connectivity index (χ2v) is 24.8. The first kappa shape index (κ1) is 76.1. The largest absolute Gasteiger partial charge is 0.472 e. The van der Waals surface area contributed by atoms with Gasteiger partial charge in [-0.15, -0.1) is 0 Å². The van der Waals surface area contributed by atoms with Crippen LogP contribution >= 0.6 is 15.6 Å². The number of hydrogen-bond acceptors (Lipinski definition) is 15. The number of unbranched alkanes of at least 4 members (excludes halogenated alkanes) is 31. The molecule has 0 radical (unpaired) electrons. The Morgan fingerprint density at radius 3 is 0.872 bits per heavy atom. The lowest BCUT2D eigenvalue weighted by Gasteiger charge is -2.21. The van der Waals surface area contributed by atoms with Crippen molar-refractivity contribution in [1.82, 2.24) is 0 Å². The molecule has 0 spiro atoms. The number of phosphoric acid groups is 2. The molecule has 19 heteroatoms. The van der Waals surface area contributed by atoms with Crippen molar-refractivity contribution < 1.29 is 80.2 Å². The first-order chi connectivity index (χ1) is 37.5. The average Bonchev–Trinajstić information content (AvgIpc) is 3.40. The van der Waals surface area contributed by atoms with E-state index >= 15 is 0 Å². The van der Waals surface area contributed by atoms with Crippen LogP contribution in [0.15, 0.2) is 0 Å². The fourth-order valence-corrected chi connectivity index (χ4v) is 10.3. The maximum atomic E-state index is 12.9. The van der Waals surface area contributed by atoms with E-state index in [1.807, 2.05) is 0 Å². The van der Waals surface area contributed by atoms with Gasteiger partial charge in [-0.3, -0.25) is 37.3 Å². The maximum absolute atomic E-state index is 12.9. The number of carbonyl (C=O) groups is 4. The summed E-state index contributed by atoms with van der Waals surface area (Å²) in [6, 6.07) is 0. The van der Waals surface area contributed by atoms with Gasteiger partial charge in [-0.2, -0.15) is 0 Å². The Morgan fingerprint density at radius 1 is 0.346 bits per heavy atom. The minimum atomic E-state index is -4.94. The molecule has 0 rings (SSSR count). The highest BCUT2D eigenvalue weighted by Crippen LogP contribution is 2.45. The maximum Gasteiger partial charge on any atom is 0.472 e. The van der Waals surface area contributed by atoms with Crippen LogP contribution in [0, 0.1) is 5.92 Å². The molecule has 0 saturated heterocycles. The molecule has 0 fully saturated rings. The number of esters is 4. The Bertz CT molecular complexity index is 1530.